The number of fused-ring (bicyclic) bond motifs is 1. The van der Waals surface area contributed by atoms with Gasteiger partial charge in [-0.3, -0.25) is 0 Å². The monoisotopic (exact) mass is 148 g/mol. The average Bonchev–Trinajstić information content (AvgIpc) is 2.55. The molecule has 0 aromatic heterocycles. The largest absolute Gasteiger partial charge is 0.184 e. The van der Waals surface area contributed by atoms with Crippen LogP contribution in [0, 0.1) is 0 Å². The zero-order valence-corrected chi connectivity index (χ0v) is 6.91. The standard InChI is InChI=1S/C7H6N2.C2H6/c1-2-4-7-6(3-1)5-8-9-7;1-2/h1-4H,5H2;1-2H3. The molecule has 0 unspecified atom stereocenters. The molecule has 11 heavy (non-hydrogen) atoms. The molecule has 0 spiro atoms. The average molecular weight is 148 g/mol. The quantitative estimate of drug-likeness (QED) is 0.539. The molecule has 0 fully saturated rings. The zero-order valence-electron chi connectivity index (χ0n) is 6.91. The number of benzene rings is 1. The first kappa shape index (κ1) is 7.92. The van der Waals surface area contributed by atoms with Gasteiger partial charge in [0.15, 0.2) is 0 Å². The van der Waals surface area contributed by atoms with Crippen molar-refractivity contribution in [1.29, 1.82) is 0 Å². The molecule has 2 heteroatoms. The first-order valence-corrected chi connectivity index (χ1v) is 3.92. The maximum atomic E-state index is 3.92. The first-order chi connectivity index (χ1) is 5.47. The molecule has 1 aliphatic rings. The van der Waals surface area contributed by atoms with Crippen molar-refractivity contribution in [2.24, 2.45) is 10.2 Å². The lowest BCUT2D eigenvalue weighted by atomic mass is 10.2. The van der Waals surface area contributed by atoms with Crippen molar-refractivity contribution in [2.75, 3.05) is 0 Å². The molecule has 0 bridgehead atoms. The van der Waals surface area contributed by atoms with Gasteiger partial charge >= 0.3 is 0 Å². The highest BCUT2D eigenvalue weighted by molar-refractivity contribution is 5.46. The van der Waals surface area contributed by atoms with Crippen LogP contribution in [0.1, 0.15) is 19.4 Å². The lowest BCUT2D eigenvalue weighted by Crippen LogP contribution is -1.71. The summed E-state index contributed by atoms with van der Waals surface area (Å²) in [6.07, 6.45) is 0. The van der Waals surface area contributed by atoms with Gasteiger partial charge in [0.05, 0.1) is 12.2 Å². The number of hydrogen-bond donors (Lipinski definition) is 0. The van der Waals surface area contributed by atoms with Crippen molar-refractivity contribution >= 4 is 5.69 Å². The third-order valence-corrected chi connectivity index (χ3v) is 1.41. The molecule has 0 N–H and O–H groups in total. The second-order valence-corrected chi connectivity index (χ2v) is 2.03. The third kappa shape index (κ3) is 1.64. The lowest BCUT2D eigenvalue weighted by molar-refractivity contribution is 1.04. The third-order valence-electron chi connectivity index (χ3n) is 1.41. The van der Waals surface area contributed by atoms with E-state index < -0.39 is 0 Å². The summed E-state index contributed by atoms with van der Waals surface area (Å²) in [5, 5.41) is 7.80. The fourth-order valence-corrected chi connectivity index (χ4v) is 0.930. The molecular formula is C9H12N2. The van der Waals surface area contributed by atoms with E-state index >= 15 is 0 Å². The summed E-state index contributed by atoms with van der Waals surface area (Å²) >= 11 is 0. The van der Waals surface area contributed by atoms with Crippen molar-refractivity contribution in [3.63, 3.8) is 0 Å². The second-order valence-electron chi connectivity index (χ2n) is 2.03. The molecular weight excluding hydrogens is 136 g/mol. The van der Waals surface area contributed by atoms with Crippen LogP contribution in [0.5, 0.6) is 0 Å². The molecule has 1 aliphatic heterocycles. The van der Waals surface area contributed by atoms with Crippen molar-refractivity contribution in [3.05, 3.63) is 29.8 Å². The minimum Gasteiger partial charge on any atom is -0.184 e. The Labute approximate surface area is 67.0 Å². The van der Waals surface area contributed by atoms with Gasteiger partial charge in [-0.2, -0.15) is 10.2 Å². The Bertz CT molecular complexity index is 253. The van der Waals surface area contributed by atoms with Crippen LogP contribution in [-0.2, 0) is 6.54 Å². The number of hydrogen-bond acceptors (Lipinski definition) is 2. The van der Waals surface area contributed by atoms with Gasteiger partial charge < -0.3 is 0 Å². The Balaban J connectivity index is 0.000000281. The molecule has 1 aromatic rings. The second kappa shape index (κ2) is 3.86. The highest BCUT2D eigenvalue weighted by atomic mass is 15.1. The predicted octanol–water partition coefficient (Wildman–Crippen LogP) is 3.31. The van der Waals surface area contributed by atoms with E-state index in [2.05, 4.69) is 16.3 Å². The van der Waals surface area contributed by atoms with Crippen LogP contribution in [0.3, 0.4) is 0 Å². The van der Waals surface area contributed by atoms with Crippen LogP contribution in [0.4, 0.5) is 5.69 Å². The lowest BCUT2D eigenvalue weighted by Gasteiger charge is -1.88. The van der Waals surface area contributed by atoms with Gasteiger partial charge in [-0.1, -0.05) is 32.0 Å². The summed E-state index contributed by atoms with van der Waals surface area (Å²) in [6, 6.07) is 8.01. The van der Waals surface area contributed by atoms with Crippen molar-refractivity contribution in [3.8, 4) is 0 Å². The van der Waals surface area contributed by atoms with E-state index in [0.29, 0.717) is 0 Å². The topological polar surface area (TPSA) is 24.7 Å². The van der Waals surface area contributed by atoms with Crippen molar-refractivity contribution in [2.45, 2.75) is 20.4 Å². The van der Waals surface area contributed by atoms with Crippen LogP contribution < -0.4 is 0 Å². The van der Waals surface area contributed by atoms with Gasteiger partial charge in [0.2, 0.25) is 0 Å². The Morgan fingerprint density at radius 2 is 1.91 bits per heavy atom. The smallest absolute Gasteiger partial charge is 0.0904 e. The molecule has 58 valence electrons. The van der Waals surface area contributed by atoms with Gasteiger partial charge in [0.1, 0.15) is 0 Å². The fourth-order valence-electron chi connectivity index (χ4n) is 0.930. The number of nitrogens with zero attached hydrogens (tertiary/aromatic N) is 2. The summed E-state index contributed by atoms with van der Waals surface area (Å²) in [6.45, 7) is 4.76. The highest BCUT2D eigenvalue weighted by Gasteiger charge is 2.03. The Morgan fingerprint density at radius 1 is 1.18 bits per heavy atom. The Kier molecular flexibility index (Phi) is 2.78. The molecule has 0 aliphatic carbocycles. The van der Waals surface area contributed by atoms with E-state index in [0.717, 1.165) is 12.2 Å². The maximum absolute atomic E-state index is 3.92. The molecule has 0 saturated heterocycles. The number of azo groups is 1. The Morgan fingerprint density at radius 3 is 2.64 bits per heavy atom. The van der Waals surface area contributed by atoms with E-state index in [1.54, 1.807) is 0 Å². The summed E-state index contributed by atoms with van der Waals surface area (Å²) in [4.78, 5) is 0. The van der Waals surface area contributed by atoms with E-state index in [1.165, 1.54) is 5.56 Å². The van der Waals surface area contributed by atoms with E-state index in [-0.39, 0.29) is 0 Å². The van der Waals surface area contributed by atoms with Gasteiger partial charge in [-0.15, -0.1) is 0 Å². The van der Waals surface area contributed by atoms with Crippen LogP contribution in [0.25, 0.3) is 0 Å². The highest BCUT2D eigenvalue weighted by Crippen LogP contribution is 2.24. The van der Waals surface area contributed by atoms with Crippen LogP contribution >= 0.6 is 0 Å². The molecule has 0 saturated carbocycles. The van der Waals surface area contributed by atoms with Gasteiger partial charge in [0, 0.05) is 5.56 Å². The van der Waals surface area contributed by atoms with Gasteiger partial charge in [-0.05, 0) is 6.07 Å². The summed E-state index contributed by atoms with van der Waals surface area (Å²) in [5.74, 6) is 0. The summed E-state index contributed by atoms with van der Waals surface area (Å²) < 4.78 is 0. The molecule has 0 radical (unpaired) electrons. The van der Waals surface area contributed by atoms with Gasteiger partial charge in [0.25, 0.3) is 0 Å². The molecule has 0 atom stereocenters. The predicted molar refractivity (Wildman–Crippen MR) is 46.0 cm³/mol. The number of rotatable bonds is 0. The first-order valence-electron chi connectivity index (χ1n) is 3.92. The van der Waals surface area contributed by atoms with Gasteiger partial charge in [-0.25, -0.2) is 0 Å². The molecule has 2 rings (SSSR count). The molecule has 1 heterocycles. The van der Waals surface area contributed by atoms with Crippen molar-refractivity contribution in [1.82, 2.24) is 0 Å². The van der Waals surface area contributed by atoms with Crippen molar-refractivity contribution < 1.29 is 0 Å². The maximum Gasteiger partial charge on any atom is 0.0904 e. The summed E-state index contributed by atoms with van der Waals surface area (Å²) in [5.41, 5.74) is 2.26. The van der Waals surface area contributed by atoms with E-state index in [9.17, 15) is 0 Å². The molecule has 1 aromatic carbocycles. The minimum absolute atomic E-state index is 0.760. The normalized spacial score (nSPS) is 11.8. The summed E-state index contributed by atoms with van der Waals surface area (Å²) in [7, 11) is 0. The van der Waals surface area contributed by atoms with Crippen LogP contribution in [0.15, 0.2) is 34.5 Å². The van der Waals surface area contributed by atoms with E-state index in [1.807, 2.05) is 32.0 Å². The van der Waals surface area contributed by atoms with E-state index in [4.69, 9.17) is 0 Å². The SMILES string of the molecule is CC.c1ccc2c(c1)CN=N2. The van der Waals surface area contributed by atoms with Crippen LogP contribution in [-0.4, -0.2) is 0 Å². The molecule has 2 nitrogen and oxygen atoms in total. The minimum atomic E-state index is 0.760. The Hall–Kier alpha value is -1.18. The van der Waals surface area contributed by atoms with Crippen LogP contribution in [0.2, 0.25) is 0 Å². The molecule has 0 amide bonds. The zero-order chi connectivity index (χ0) is 8.10. The fraction of sp³-hybridized carbons (Fsp3) is 0.333.